The van der Waals surface area contributed by atoms with Crippen LogP contribution in [-0.2, 0) is 18.9 Å². The van der Waals surface area contributed by atoms with Crippen molar-refractivity contribution in [3.8, 4) is 0 Å². The van der Waals surface area contributed by atoms with Crippen molar-refractivity contribution in [1.29, 1.82) is 0 Å². The first-order valence-electron chi connectivity index (χ1n) is 6.50. The molecular formula is C15H20N2OS. The predicted octanol–water partition coefficient (Wildman–Crippen LogP) is 3.30. The summed E-state index contributed by atoms with van der Waals surface area (Å²) in [6.07, 6.45) is 1.76. The minimum atomic E-state index is 0.0465. The maximum Gasteiger partial charge on any atom is 0.168 e. The van der Waals surface area contributed by atoms with Crippen molar-refractivity contribution in [3.05, 3.63) is 46.8 Å². The molecule has 0 saturated carbocycles. The Kier molecular flexibility index (Phi) is 4.66. The van der Waals surface area contributed by atoms with Gasteiger partial charge in [0, 0.05) is 12.3 Å². The number of aliphatic hydroxyl groups excluding tert-OH is 1. The molecule has 1 aromatic carbocycles. The molecule has 102 valence electrons. The van der Waals surface area contributed by atoms with Crippen LogP contribution >= 0.6 is 11.8 Å². The zero-order chi connectivity index (χ0) is 13.8. The molecule has 1 heterocycles. The van der Waals surface area contributed by atoms with E-state index in [-0.39, 0.29) is 6.61 Å². The zero-order valence-corrected chi connectivity index (χ0v) is 12.5. The molecule has 0 atom stereocenters. The van der Waals surface area contributed by atoms with Crippen molar-refractivity contribution < 1.29 is 5.11 Å². The van der Waals surface area contributed by atoms with E-state index in [9.17, 15) is 5.11 Å². The van der Waals surface area contributed by atoms with Gasteiger partial charge in [-0.3, -0.25) is 0 Å². The lowest BCUT2D eigenvalue weighted by Gasteiger charge is -2.09. The van der Waals surface area contributed by atoms with Crippen LogP contribution in [-0.4, -0.2) is 14.7 Å². The van der Waals surface area contributed by atoms with Crippen molar-refractivity contribution in [3.63, 3.8) is 0 Å². The maximum absolute atomic E-state index is 9.26. The van der Waals surface area contributed by atoms with Crippen LogP contribution in [0.15, 0.2) is 29.6 Å². The largest absolute Gasteiger partial charge is 0.390 e. The van der Waals surface area contributed by atoms with E-state index in [0.29, 0.717) is 0 Å². The summed E-state index contributed by atoms with van der Waals surface area (Å²) in [5.74, 6) is 0.912. The van der Waals surface area contributed by atoms with Crippen molar-refractivity contribution in [2.75, 3.05) is 0 Å². The summed E-state index contributed by atoms with van der Waals surface area (Å²) in [5.41, 5.74) is 4.83. The van der Waals surface area contributed by atoms with E-state index in [2.05, 4.69) is 48.5 Å². The molecule has 0 amide bonds. The van der Waals surface area contributed by atoms with E-state index in [1.54, 1.807) is 18.0 Å². The number of hydrogen-bond donors (Lipinski definition) is 1. The number of nitrogens with zero attached hydrogens (tertiary/aromatic N) is 2. The van der Waals surface area contributed by atoms with E-state index in [4.69, 9.17) is 0 Å². The van der Waals surface area contributed by atoms with Gasteiger partial charge in [0.25, 0.3) is 0 Å². The fourth-order valence-corrected chi connectivity index (χ4v) is 3.19. The highest BCUT2D eigenvalue weighted by Gasteiger charge is 2.09. The molecule has 0 spiro atoms. The molecule has 0 radical (unpaired) electrons. The van der Waals surface area contributed by atoms with Crippen LogP contribution in [0.5, 0.6) is 0 Å². The smallest absolute Gasteiger partial charge is 0.168 e. The highest BCUT2D eigenvalue weighted by atomic mass is 32.2. The van der Waals surface area contributed by atoms with Gasteiger partial charge in [-0.1, -0.05) is 35.5 Å². The fourth-order valence-electron chi connectivity index (χ4n) is 2.07. The van der Waals surface area contributed by atoms with Gasteiger partial charge in [-0.05, 0) is 31.9 Å². The zero-order valence-electron chi connectivity index (χ0n) is 11.7. The van der Waals surface area contributed by atoms with Crippen LogP contribution in [0, 0.1) is 13.8 Å². The molecular weight excluding hydrogens is 256 g/mol. The normalized spacial score (nSPS) is 10.9. The van der Waals surface area contributed by atoms with Gasteiger partial charge in [0.2, 0.25) is 0 Å². The van der Waals surface area contributed by atoms with Crippen molar-refractivity contribution in [1.82, 2.24) is 9.55 Å². The molecule has 1 aromatic heterocycles. The first-order valence-corrected chi connectivity index (χ1v) is 7.48. The number of rotatable bonds is 5. The second-order valence-corrected chi connectivity index (χ2v) is 5.60. The third-order valence-corrected chi connectivity index (χ3v) is 4.28. The van der Waals surface area contributed by atoms with E-state index in [0.717, 1.165) is 23.1 Å². The van der Waals surface area contributed by atoms with Crippen molar-refractivity contribution in [2.45, 2.75) is 44.8 Å². The fraction of sp³-hybridized carbons (Fsp3) is 0.400. The summed E-state index contributed by atoms with van der Waals surface area (Å²) < 4.78 is 2.07. The maximum atomic E-state index is 9.26. The van der Waals surface area contributed by atoms with Gasteiger partial charge >= 0.3 is 0 Å². The molecule has 0 saturated heterocycles. The Hall–Kier alpha value is -1.26. The molecule has 2 aromatic rings. The summed E-state index contributed by atoms with van der Waals surface area (Å²) in [6.45, 7) is 7.21. The molecule has 0 aliphatic heterocycles. The standard InChI is InChI=1S/C15H20N2OS/c1-4-17-14(9-18)8-16-15(17)19-10-13-7-11(2)5-6-12(13)3/h5-8,18H,4,9-10H2,1-3H3. The number of imidazole rings is 1. The lowest BCUT2D eigenvalue weighted by molar-refractivity contribution is 0.269. The van der Waals surface area contributed by atoms with E-state index >= 15 is 0 Å². The Balaban J connectivity index is 2.14. The molecule has 0 bridgehead atoms. The Bertz CT molecular complexity index is 563. The minimum absolute atomic E-state index is 0.0465. The van der Waals surface area contributed by atoms with Crippen LogP contribution in [0.4, 0.5) is 0 Å². The first-order chi connectivity index (χ1) is 9.15. The molecule has 1 N–H and O–H groups in total. The van der Waals surface area contributed by atoms with Gasteiger partial charge in [0.05, 0.1) is 18.5 Å². The van der Waals surface area contributed by atoms with E-state index in [1.165, 1.54) is 16.7 Å². The second-order valence-electron chi connectivity index (χ2n) is 4.65. The summed E-state index contributed by atoms with van der Waals surface area (Å²) >= 11 is 1.72. The topological polar surface area (TPSA) is 38.0 Å². The van der Waals surface area contributed by atoms with E-state index < -0.39 is 0 Å². The average Bonchev–Trinajstić information content (AvgIpc) is 2.81. The number of benzene rings is 1. The first kappa shape index (κ1) is 14.2. The predicted molar refractivity (Wildman–Crippen MR) is 79.3 cm³/mol. The molecule has 19 heavy (non-hydrogen) atoms. The molecule has 0 aliphatic rings. The molecule has 2 rings (SSSR count). The highest BCUT2D eigenvalue weighted by Crippen LogP contribution is 2.25. The van der Waals surface area contributed by atoms with Gasteiger partial charge in [0.15, 0.2) is 5.16 Å². The minimum Gasteiger partial charge on any atom is -0.390 e. The Morgan fingerprint density at radius 1 is 1.32 bits per heavy atom. The van der Waals surface area contributed by atoms with Crippen molar-refractivity contribution >= 4 is 11.8 Å². The lowest BCUT2D eigenvalue weighted by Crippen LogP contribution is -2.02. The van der Waals surface area contributed by atoms with Gasteiger partial charge in [-0.25, -0.2) is 4.98 Å². The van der Waals surface area contributed by atoms with Gasteiger partial charge in [-0.2, -0.15) is 0 Å². The van der Waals surface area contributed by atoms with E-state index in [1.807, 2.05) is 0 Å². The van der Waals surface area contributed by atoms with Crippen LogP contribution < -0.4 is 0 Å². The Morgan fingerprint density at radius 3 is 2.79 bits per heavy atom. The number of aromatic nitrogens is 2. The van der Waals surface area contributed by atoms with Gasteiger partial charge < -0.3 is 9.67 Å². The van der Waals surface area contributed by atoms with Crippen LogP contribution in [0.25, 0.3) is 0 Å². The Morgan fingerprint density at radius 2 is 2.11 bits per heavy atom. The van der Waals surface area contributed by atoms with Gasteiger partial charge in [0.1, 0.15) is 0 Å². The summed E-state index contributed by atoms with van der Waals surface area (Å²) in [6, 6.07) is 6.53. The second kappa shape index (κ2) is 6.26. The Labute approximate surface area is 118 Å². The molecule has 3 nitrogen and oxygen atoms in total. The third-order valence-electron chi connectivity index (χ3n) is 3.24. The summed E-state index contributed by atoms with van der Waals surface area (Å²) in [7, 11) is 0. The molecule has 0 unspecified atom stereocenters. The van der Waals surface area contributed by atoms with Crippen LogP contribution in [0.1, 0.15) is 29.3 Å². The third kappa shape index (κ3) is 3.19. The highest BCUT2D eigenvalue weighted by molar-refractivity contribution is 7.98. The molecule has 4 heteroatoms. The average molecular weight is 276 g/mol. The monoisotopic (exact) mass is 276 g/mol. The summed E-state index contributed by atoms with van der Waals surface area (Å²) in [5, 5.41) is 10.2. The van der Waals surface area contributed by atoms with Crippen LogP contribution in [0.2, 0.25) is 0 Å². The SMILES string of the molecule is CCn1c(CO)cnc1SCc1cc(C)ccc1C. The van der Waals surface area contributed by atoms with Crippen LogP contribution in [0.3, 0.4) is 0 Å². The lowest BCUT2D eigenvalue weighted by atomic mass is 10.1. The number of hydrogen-bond acceptors (Lipinski definition) is 3. The number of thioether (sulfide) groups is 1. The summed E-state index contributed by atoms with van der Waals surface area (Å²) in [4.78, 5) is 4.39. The number of aliphatic hydroxyl groups is 1. The molecule has 0 aliphatic carbocycles. The van der Waals surface area contributed by atoms with Gasteiger partial charge in [-0.15, -0.1) is 0 Å². The van der Waals surface area contributed by atoms with Crippen molar-refractivity contribution in [2.24, 2.45) is 0 Å². The quantitative estimate of drug-likeness (QED) is 0.851. The number of aryl methyl sites for hydroxylation is 2. The molecule has 0 fully saturated rings.